The van der Waals surface area contributed by atoms with E-state index in [9.17, 15) is 4.79 Å². The second-order valence-electron chi connectivity index (χ2n) is 5.29. The van der Waals surface area contributed by atoms with Crippen molar-refractivity contribution in [3.63, 3.8) is 0 Å². The largest absolute Gasteiger partial charge is 0.478 e. The van der Waals surface area contributed by atoms with Crippen LogP contribution in [-0.4, -0.2) is 20.6 Å². The Morgan fingerprint density at radius 1 is 1.40 bits per heavy atom. The van der Waals surface area contributed by atoms with Crippen molar-refractivity contribution in [2.45, 2.75) is 38.6 Å². The number of benzene rings is 1. The van der Waals surface area contributed by atoms with Crippen molar-refractivity contribution in [1.82, 2.24) is 9.55 Å². The van der Waals surface area contributed by atoms with Crippen molar-refractivity contribution in [3.8, 4) is 0 Å². The van der Waals surface area contributed by atoms with Gasteiger partial charge in [-0.05, 0) is 44.0 Å². The van der Waals surface area contributed by atoms with Crippen molar-refractivity contribution >= 4 is 23.1 Å². The maximum atomic E-state index is 11.1. The van der Waals surface area contributed by atoms with Gasteiger partial charge in [0, 0.05) is 6.04 Å². The SMILES string of the molecule is C/C=C/c1nc2cc(C(=O)O)ccc2n1C1CCCC1. The van der Waals surface area contributed by atoms with Gasteiger partial charge in [0.05, 0.1) is 16.6 Å². The van der Waals surface area contributed by atoms with Crippen molar-refractivity contribution in [1.29, 1.82) is 0 Å². The van der Waals surface area contributed by atoms with Crippen LogP contribution >= 0.6 is 0 Å². The number of carboxylic acids is 1. The molecule has 0 bridgehead atoms. The quantitative estimate of drug-likeness (QED) is 0.920. The third-order valence-electron chi connectivity index (χ3n) is 3.97. The van der Waals surface area contributed by atoms with E-state index in [1.165, 1.54) is 25.7 Å². The number of aromatic carboxylic acids is 1. The molecule has 2 aromatic rings. The molecule has 20 heavy (non-hydrogen) atoms. The lowest BCUT2D eigenvalue weighted by Gasteiger charge is -2.14. The molecule has 0 saturated heterocycles. The Kier molecular flexibility index (Phi) is 3.30. The van der Waals surface area contributed by atoms with Gasteiger partial charge in [0.15, 0.2) is 0 Å². The highest BCUT2D eigenvalue weighted by Gasteiger charge is 2.22. The first-order valence-electron chi connectivity index (χ1n) is 7.08. The molecule has 0 unspecified atom stereocenters. The van der Waals surface area contributed by atoms with Gasteiger partial charge in [0.1, 0.15) is 5.82 Å². The second-order valence-corrected chi connectivity index (χ2v) is 5.29. The molecule has 1 fully saturated rings. The van der Waals surface area contributed by atoms with E-state index in [0.717, 1.165) is 16.9 Å². The van der Waals surface area contributed by atoms with E-state index in [-0.39, 0.29) is 0 Å². The minimum Gasteiger partial charge on any atom is -0.478 e. The number of rotatable bonds is 3. The van der Waals surface area contributed by atoms with Crippen LogP contribution in [0.25, 0.3) is 17.1 Å². The molecule has 1 aromatic heterocycles. The van der Waals surface area contributed by atoms with Gasteiger partial charge < -0.3 is 9.67 Å². The van der Waals surface area contributed by atoms with E-state index in [1.54, 1.807) is 12.1 Å². The van der Waals surface area contributed by atoms with Crippen molar-refractivity contribution < 1.29 is 9.90 Å². The van der Waals surface area contributed by atoms with E-state index in [2.05, 4.69) is 9.55 Å². The van der Waals surface area contributed by atoms with E-state index in [1.807, 2.05) is 25.1 Å². The summed E-state index contributed by atoms with van der Waals surface area (Å²) in [6, 6.07) is 5.70. The molecule has 0 amide bonds. The molecule has 1 aromatic carbocycles. The number of fused-ring (bicyclic) bond motifs is 1. The fourth-order valence-corrected chi connectivity index (χ4v) is 3.06. The molecular weight excluding hydrogens is 252 g/mol. The molecule has 4 heteroatoms. The lowest BCUT2D eigenvalue weighted by Crippen LogP contribution is -2.06. The zero-order valence-corrected chi connectivity index (χ0v) is 11.5. The van der Waals surface area contributed by atoms with Crippen LogP contribution in [0, 0.1) is 0 Å². The van der Waals surface area contributed by atoms with Crippen LogP contribution in [-0.2, 0) is 0 Å². The Hall–Kier alpha value is -2.10. The first kappa shape index (κ1) is 12.9. The average molecular weight is 270 g/mol. The predicted molar refractivity (Wildman–Crippen MR) is 78.9 cm³/mol. The summed E-state index contributed by atoms with van der Waals surface area (Å²) in [5.41, 5.74) is 2.10. The minimum atomic E-state index is -0.908. The Morgan fingerprint density at radius 2 is 2.15 bits per heavy atom. The highest BCUT2D eigenvalue weighted by atomic mass is 16.4. The molecule has 0 spiro atoms. The summed E-state index contributed by atoms with van der Waals surface area (Å²) in [6.45, 7) is 1.97. The van der Waals surface area contributed by atoms with Crippen LogP contribution in [0.2, 0.25) is 0 Å². The molecule has 1 aliphatic rings. The summed E-state index contributed by atoms with van der Waals surface area (Å²) in [5, 5.41) is 9.09. The maximum absolute atomic E-state index is 11.1. The number of allylic oxidation sites excluding steroid dienone is 1. The van der Waals surface area contributed by atoms with Gasteiger partial charge in [0.2, 0.25) is 0 Å². The third kappa shape index (κ3) is 2.11. The second kappa shape index (κ2) is 5.12. The number of hydrogen-bond donors (Lipinski definition) is 1. The van der Waals surface area contributed by atoms with Crippen LogP contribution in [0.5, 0.6) is 0 Å². The molecule has 104 valence electrons. The summed E-state index contributed by atoms with van der Waals surface area (Å²) >= 11 is 0. The molecule has 3 rings (SSSR count). The summed E-state index contributed by atoms with van der Waals surface area (Å²) < 4.78 is 2.27. The predicted octanol–water partition coefficient (Wildman–Crippen LogP) is 3.88. The van der Waals surface area contributed by atoms with Gasteiger partial charge >= 0.3 is 5.97 Å². The first-order chi connectivity index (χ1) is 9.70. The zero-order valence-electron chi connectivity index (χ0n) is 11.5. The van der Waals surface area contributed by atoms with Crippen LogP contribution < -0.4 is 0 Å². The van der Waals surface area contributed by atoms with Gasteiger partial charge in [0.25, 0.3) is 0 Å². The molecule has 1 aliphatic carbocycles. The summed E-state index contributed by atoms with van der Waals surface area (Å²) in [7, 11) is 0. The van der Waals surface area contributed by atoms with E-state index in [0.29, 0.717) is 11.6 Å². The lowest BCUT2D eigenvalue weighted by atomic mass is 10.2. The monoisotopic (exact) mass is 270 g/mol. The number of hydrogen-bond acceptors (Lipinski definition) is 2. The standard InChI is InChI=1S/C16H18N2O2/c1-2-5-15-17-13-10-11(16(19)20)8-9-14(13)18(15)12-6-3-4-7-12/h2,5,8-10,12H,3-4,6-7H2,1H3,(H,19,20)/b5-2+. The van der Waals surface area contributed by atoms with Crippen LogP contribution in [0.4, 0.5) is 0 Å². The molecule has 0 aliphatic heterocycles. The number of carbonyl (C=O) groups is 1. The van der Waals surface area contributed by atoms with Crippen LogP contribution in [0.15, 0.2) is 24.3 Å². The van der Waals surface area contributed by atoms with E-state index in [4.69, 9.17) is 5.11 Å². The van der Waals surface area contributed by atoms with Gasteiger partial charge in [-0.2, -0.15) is 0 Å². The van der Waals surface area contributed by atoms with E-state index < -0.39 is 5.97 Å². The van der Waals surface area contributed by atoms with Gasteiger partial charge in [-0.15, -0.1) is 0 Å². The average Bonchev–Trinajstić information content (AvgIpc) is 3.04. The molecule has 0 atom stereocenters. The zero-order chi connectivity index (χ0) is 14.1. The van der Waals surface area contributed by atoms with Gasteiger partial charge in [-0.3, -0.25) is 0 Å². The first-order valence-corrected chi connectivity index (χ1v) is 7.08. The Balaban J connectivity index is 2.19. The summed E-state index contributed by atoms with van der Waals surface area (Å²) in [6.07, 6.45) is 8.84. The topological polar surface area (TPSA) is 55.1 Å². The minimum absolute atomic E-state index is 0.292. The maximum Gasteiger partial charge on any atom is 0.335 e. The molecule has 1 heterocycles. The Bertz CT molecular complexity index is 679. The number of carboxylic acid groups (broad SMARTS) is 1. The highest BCUT2D eigenvalue weighted by molar-refractivity contribution is 5.92. The molecule has 1 N–H and O–H groups in total. The Labute approximate surface area is 117 Å². The molecule has 4 nitrogen and oxygen atoms in total. The third-order valence-corrected chi connectivity index (χ3v) is 3.97. The number of aromatic nitrogens is 2. The van der Waals surface area contributed by atoms with Gasteiger partial charge in [-0.25, -0.2) is 9.78 Å². The van der Waals surface area contributed by atoms with Crippen molar-refractivity contribution in [3.05, 3.63) is 35.7 Å². The van der Waals surface area contributed by atoms with Crippen LogP contribution in [0.1, 0.15) is 54.8 Å². The summed E-state index contributed by atoms with van der Waals surface area (Å²) in [4.78, 5) is 15.7. The number of nitrogens with zero attached hydrogens (tertiary/aromatic N) is 2. The smallest absolute Gasteiger partial charge is 0.335 e. The van der Waals surface area contributed by atoms with Crippen molar-refractivity contribution in [2.24, 2.45) is 0 Å². The molecule has 0 radical (unpaired) electrons. The van der Waals surface area contributed by atoms with Gasteiger partial charge in [-0.1, -0.05) is 18.9 Å². The fraction of sp³-hybridized carbons (Fsp3) is 0.375. The lowest BCUT2D eigenvalue weighted by molar-refractivity contribution is 0.0697. The highest BCUT2D eigenvalue weighted by Crippen LogP contribution is 2.34. The molecular formula is C16H18N2O2. The molecule has 1 saturated carbocycles. The fourth-order valence-electron chi connectivity index (χ4n) is 3.06. The van der Waals surface area contributed by atoms with Crippen molar-refractivity contribution in [2.75, 3.05) is 0 Å². The van der Waals surface area contributed by atoms with E-state index >= 15 is 0 Å². The number of imidazole rings is 1. The normalized spacial score (nSPS) is 16.4. The van der Waals surface area contributed by atoms with Crippen LogP contribution in [0.3, 0.4) is 0 Å². The Morgan fingerprint density at radius 3 is 2.80 bits per heavy atom. The summed E-state index contributed by atoms with van der Waals surface area (Å²) in [5.74, 6) is 0.0202.